The van der Waals surface area contributed by atoms with Crippen molar-refractivity contribution in [3.63, 3.8) is 0 Å². The number of carboxylic acids is 1. The summed E-state index contributed by atoms with van der Waals surface area (Å²) < 4.78 is 4.98. The van der Waals surface area contributed by atoms with Gasteiger partial charge in [0.1, 0.15) is 0 Å². The smallest absolute Gasteiger partial charge is 0.337 e. The summed E-state index contributed by atoms with van der Waals surface area (Å²) in [5.74, 6) is -0.483. The van der Waals surface area contributed by atoms with E-state index in [2.05, 4.69) is 4.98 Å². The van der Waals surface area contributed by atoms with Gasteiger partial charge in [-0.2, -0.15) is 0 Å². The maximum Gasteiger partial charge on any atom is 0.337 e. The summed E-state index contributed by atoms with van der Waals surface area (Å²) in [5, 5.41) is 9.02. The number of rotatable bonds is 4. The molecule has 1 aromatic heterocycles. The molecule has 5 heteroatoms. The van der Waals surface area contributed by atoms with E-state index < -0.39 is 5.97 Å². The topological polar surface area (TPSA) is 85.4 Å². The van der Waals surface area contributed by atoms with Crippen LogP contribution in [0.2, 0.25) is 0 Å². The molecule has 3 N–H and O–H groups in total. The van der Waals surface area contributed by atoms with E-state index in [1.807, 2.05) is 12.1 Å². The number of methoxy groups -OCH3 is 1. The van der Waals surface area contributed by atoms with Crippen LogP contribution in [0.3, 0.4) is 0 Å². The van der Waals surface area contributed by atoms with Gasteiger partial charge in [0, 0.05) is 24.4 Å². The Morgan fingerprint density at radius 3 is 2.74 bits per heavy atom. The van der Waals surface area contributed by atoms with E-state index in [9.17, 15) is 4.79 Å². The zero-order valence-electron chi connectivity index (χ0n) is 10.5. The second kappa shape index (κ2) is 5.39. The van der Waals surface area contributed by atoms with Crippen LogP contribution in [0.15, 0.2) is 36.5 Å². The summed E-state index contributed by atoms with van der Waals surface area (Å²) in [6.45, 7) is 0. The van der Waals surface area contributed by atoms with Crippen LogP contribution in [0.25, 0.3) is 0 Å². The molecule has 0 fully saturated rings. The standard InChI is InChI=1S/C14H14N2O3/c1-19-12-6-5-9(8-16-12)7-10-3-2-4-11(13(10)15)14(17)18/h2-6,8H,7,15H2,1H3,(H,17,18). The number of carbonyl (C=O) groups is 1. The first-order chi connectivity index (χ1) is 9.11. The lowest BCUT2D eigenvalue weighted by Crippen LogP contribution is -2.05. The van der Waals surface area contributed by atoms with Crippen LogP contribution in [0.4, 0.5) is 5.69 Å². The highest BCUT2D eigenvalue weighted by Gasteiger charge is 2.11. The molecule has 0 saturated heterocycles. The number of hydrogen-bond donors (Lipinski definition) is 2. The molecule has 0 aliphatic rings. The van der Waals surface area contributed by atoms with Crippen molar-refractivity contribution in [2.45, 2.75) is 6.42 Å². The van der Waals surface area contributed by atoms with Crippen molar-refractivity contribution >= 4 is 11.7 Å². The fourth-order valence-electron chi connectivity index (χ4n) is 1.81. The van der Waals surface area contributed by atoms with Crippen molar-refractivity contribution in [3.05, 3.63) is 53.2 Å². The van der Waals surface area contributed by atoms with Gasteiger partial charge < -0.3 is 15.6 Å². The van der Waals surface area contributed by atoms with Crippen LogP contribution in [-0.4, -0.2) is 23.2 Å². The molecular weight excluding hydrogens is 244 g/mol. The first-order valence-corrected chi connectivity index (χ1v) is 5.71. The third kappa shape index (κ3) is 2.82. The van der Waals surface area contributed by atoms with Gasteiger partial charge in [0.25, 0.3) is 0 Å². The first-order valence-electron chi connectivity index (χ1n) is 5.71. The van der Waals surface area contributed by atoms with Gasteiger partial charge in [0.15, 0.2) is 0 Å². The highest BCUT2D eigenvalue weighted by Crippen LogP contribution is 2.21. The number of pyridine rings is 1. The minimum Gasteiger partial charge on any atom is -0.481 e. The molecule has 1 heterocycles. The van der Waals surface area contributed by atoms with Gasteiger partial charge in [-0.25, -0.2) is 9.78 Å². The second-order valence-electron chi connectivity index (χ2n) is 4.07. The number of aromatic nitrogens is 1. The Labute approximate surface area is 110 Å². The van der Waals surface area contributed by atoms with Gasteiger partial charge in [-0.15, -0.1) is 0 Å². The average Bonchev–Trinajstić information content (AvgIpc) is 2.41. The molecule has 2 aromatic rings. The number of para-hydroxylation sites is 1. The van der Waals surface area contributed by atoms with E-state index >= 15 is 0 Å². The zero-order chi connectivity index (χ0) is 13.8. The Hall–Kier alpha value is -2.56. The van der Waals surface area contributed by atoms with Crippen molar-refractivity contribution in [3.8, 4) is 5.88 Å². The fraction of sp³-hybridized carbons (Fsp3) is 0.143. The minimum absolute atomic E-state index is 0.124. The molecule has 98 valence electrons. The quantitative estimate of drug-likeness (QED) is 0.819. The van der Waals surface area contributed by atoms with Crippen molar-refractivity contribution in [1.82, 2.24) is 4.98 Å². The number of carboxylic acid groups (broad SMARTS) is 1. The molecule has 0 aliphatic heterocycles. The second-order valence-corrected chi connectivity index (χ2v) is 4.07. The normalized spacial score (nSPS) is 10.2. The van der Waals surface area contributed by atoms with Crippen LogP contribution < -0.4 is 10.5 Å². The number of nitrogen functional groups attached to an aromatic ring is 1. The Balaban J connectivity index is 2.27. The predicted octanol–water partition coefficient (Wildman–Crippen LogP) is 1.96. The lowest BCUT2D eigenvalue weighted by Gasteiger charge is -2.08. The Bertz CT molecular complexity index is 594. The van der Waals surface area contributed by atoms with E-state index in [1.165, 1.54) is 6.07 Å². The predicted molar refractivity (Wildman–Crippen MR) is 71.4 cm³/mol. The Kier molecular flexibility index (Phi) is 3.66. The molecule has 19 heavy (non-hydrogen) atoms. The van der Waals surface area contributed by atoms with E-state index in [0.29, 0.717) is 18.0 Å². The molecule has 0 amide bonds. The Morgan fingerprint density at radius 1 is 1.37 bits per heavy atom. The molecule has 0 aliphatic carbocycles. The van der Waals surface area contributed by atoms with E-state index in [-0.39, 0.29) is 5.56 Å². The number of anilines is 1. The molecule has 0 atom stereocenters. The largest absolute Gasteiger partial charge is 0.481 e. The SMILES string of the molecule is COc1ccc(Cc2cccc(C(=O)O)c2N)cn1. The number of hydrogen-bond acceptors (Lipinski definition) is 4. The molecule has 0 unspecified atom stereocenters. The van der Waals surface area contributed by atoms with Crippen LogP contribution in [0, 0.1) is 0 Å². The summed E-state index contributed by atoms with van der Waals surface area (Å²) >= 11 is 0. The molecule has 0 saturated carbocycles. The van der Waals surface area contributed by atoms with E-state index in [1.54, 1.807) is 25.4 Å². The highest BCUT2D eigenvalue weighted by molar-refractivity contribution is 5.94. The van der Waals surface area contributed by atoms with Crippen molar-refractivity contribution in [1.29, 1.82) is 0 Å². The maximum atomic E-state index is 11.0. The summed E-state index contributed by atoms with van der Waals surface area (Å²) in [6, 6.07) is 8.62. The molecule has 0 spiro atoms. The summed E-state index contributed by atoms with van der Waals surface area (Å²) in [6.07, 6.45) is 2.22. The third-order valence-corrected chi connectivity index (χ3v) is 2.83. The lowest BCUT2D eigenvalue weighted by atomic mass is 10.0. The van der Waals surface area contributed by atoms with Gasteiger partial charge in [-0.1, -0.05) is 18.2 Å². The molecule has 0 bridgehead atoms. The molecule has 2 rings (SSSR count). The fourth-order valence-corrected chi connectivity index (χ4v) is 1.81. The first kappa shape index (κ1) is 12.9. The number of aromatic carboxylic acids is 1. The van der Waals surface area contributed by atoms with Crippen molar-refractivity contribution in [2.24, 2.45) is 0 Å². The van der Waals surface area contributed by atoms with Gasteiger partial charge in [-0.3, -0.25) is 0 Å². The number of benzene rings is 1. The number of nitrogens with two attached hydrogens (primary N) is 1. The van der Waals surface area contributed by atoms with Crippen molar-refractivity contribution < 1.29 is 14.6 Å². The van der Waals surface area contributed by atoms with Gasteiger partial charge >= 0.3 is 5.97 Å². The molecule has 1 aromatic carbocycles. The molecule has 5 nitrogen and oxygen atoms in total. The monoisotopic (exact) mass is 258 g/mol. The van der Waals surface area contributed by atoms with Crippen molar-refractivity contribution in [2.75, 3.05) is 12.8 Å². The van der Waals surface area contributed by atoms with Crippen LogP contribution in [-0.2, 0) is 6.42 Å². The Morgan fingerprint density at radius 2 is 2.16 bits per heavy atom. The average molecular weight is 258 g/mol. The van der Waals surface area contributed by atoms with Crippen LogP contribution in [0.1, 0.15) is 21.5 Å². The zero-order valence-corrected chi connectivity index (χ0v) is 10.5. The molecule has 0 radical (unpaired) electrons. The summed E-state index contributed by atoms with van der Waals surface area (Å²) in [5.41, 5.74) is 7.99. The maximum absolute atomic E-state index is 11.0. The van der Waals surface area contributed by atoms with Gasteiger partial charge in [0.05, 0.1) is 12.7 Å². The number of ether oxygens (including phenoxy) is 1. The highest BCUT2D eigenvalue weighted by atomic mass is 16.5. The van der Waals surface area contributed by atoms with E-state index in [4.69, 9.17) is 15.6 Å². The summed E-state index contributed by atoms with van der Waals surface area (Å²) in [4.78, 5) is 15.1. The van der Waals surface area contributed by atoms with Gasteiger partial charge in [0.2, 0.25) is 5.88 Å². The van der Waals surface area contributed by atoms with Crippen LogP contribution in [0.5, 0.6) is 5.88 Å². The lowest BCUT2D eigenvalue weighted by molar-refractivity contribution is 0.0698. The number of nitrogens with zero attached hydrogens (tertiary/aromatic N) is 1. The summed E-state index contributed by atoms with van der Waals surface area (Å²) in [7, 11) is 1.55. The molecular formula is C14H14N2O3. The van der Waals surface area contributed by atoms with E-state index in [0.717, 1.165) is 11.1 Å². The van der Waals surface area contributed by atoms with Crippen LogP contribution >= 0.6 is 0 Å². The third-order valence-electron chi connectivity index (χ3n) is 2.83. The van der Waals surface area contributed by atoms with Gasteiger partial charge in [-0.05, 0) is 17.2 Å². The minimum atomic E-state index is -1.02.